The zero-order valence-corrected chi connectivity index (χ0v) is 8.99. The molecule has 0 aromatic carbocycles. The Bertz CT molecular complexity index is 390. The van der Waals surface area contributed by atoms with Crippen molar-refractivity contribution in [2.75, 3.05) is 19.1 Å². The number of carbonyl (C=O) groups excluding carboxylic acids is 1. The van der Waals surface area contributed by atoms with Gasteiger partial charge >= 0.3 is 0 Å². The van der Waals surface area contributed by atoms with Gasteiger partial charge in [-0.25, -0.2) is 4.98 Å². The molecule has 0 saturated heterocycles. The van der Waals surface area contributed by atoms with Gasteiger partial charge in [-0.15, -0.1) is 0 Å². The molecule has 0 bridgehead atoms. The highest BCUT2D eigenvalue weighted by atomic mass is 16.5. The summed E-state index contributed by atoms with van der Waals surface area (Å²) in [4.78, 5) is 17.4. The van der Waals surface area contributed by atoms with Gasteiger partial charge in [-0.3, -0.25) is 4.79 Å². The first-order chi connectivity index (χ1) is 7.22. The van der Waals surface area contributed by atoms with Crippen molar-refractivity contribution in [2.24, 2.45) is 0 Å². The van der Waals surface area contributed by atoms with Crippen molar-refractivity contribution in [3.05, 3.63) is 17.8 Å². The van der Waals surface area contributed by atoms with Crippen molar-refractivity contribution < 1.29 is 9.53 Å². The summed E-state index contributed by atoms with van der Waals surface area (Å²) in [6, 6.07) is 1.91. The van der Waals surface area contributed by atoms with Crippen molar-refractivity contribution in [1.29, 1.82) is 0 Å². The third kappa shape index (κ3) is 1.79. The molecule has 80 valence electrons. The number of ether oxygens (including phenoxy) is 1. The van der Waals surface area contributed by atoms with Crippen LogP contribution in [0.3, 0.4) is 0 Å². The van der Waals surface area contributed by atoms with E-state index in [0.717, 1.165) is 24.1 Å². The van der Waals surface area contributed by atoms with Crippen LogP contribution in [0.1, 0.15) is 18.4 Å². The van der Waals surface area contributed by atoms with Gasteiger partial charge < -0.3 is 9.64 Å². The highest BCUT2D eigenvalue weighted by Gasteiger charge is 2.19. The quantitative estimate of drug-likeness (QED) is 0.697. The van der Waals surface area contributed by atoms with E-state index in [1.807, 2.05) is 6.07 Å². The van der Waals surface area contributed by atoms with Gasteiger partial charge in [0.1, 0.15) is 0 Å². The highest BCUT2D eigenvalue weighted by molar-refractivity contribution is 5.94. The maximum atomic E-state index is 11.6. The number of amides is 1. The summed E-state index contributed by atoms with van der Waals surface area (Å²) in [5.74, 6) is 0.761. The van der Waals surface area contributed by atoms with Crippen LogP contribution in [0, 0.1) is 0 Å². The minimum absolute atomic E-state index is 0.153. The van der Waals surface area contributed by atoms with Crippen LogP contribution >= 0.6 is 0 Å². The molecule has 1 amide bonds. The van der Waals surface area contributed by atoms with E-state index in [-0.39, 0.29) is 5.91 Å². The normalized spacial score (nSPS) is 15.9. The molecule has 0 saturated carbocycles. The monoisotopic (exact) mass is 206 g/mol. The number of fused-ring (bicyclic) bond motifs is 1. The van der Waals surface area contributed by atoms with E-state index in [0.29, 0.717) is 12.3 Å². The van der Waals surface area contributed by atoms with Crippen LogP contribution in [0.2, 0.25) is 0 Å². The van der Waals surface area contributed by atoms with Gasteiger partial charge in [0, 0.05) is 19.5 Å². The smallest absolute Gasteiger partial charge is 0.226 e. The Morgan fingerprint density at radius 1 is 1.47 bits per heavy atom. The van der Waals surface area contributed by atoms with E-state index in [2.05, 4.69) is 4.98 Å². The SMILES string of the molecule is COc1cc2c(cn1)N(C)C(=O)CCC2. The van der Waals surface area contributed by atoms with Gasteiger partial charge in [0.2, 0.25) is 11.8 Å². The van der Waals surface area contributed by atoms with Gasteiger partial charge in [-0.2, -0.15) is 0 Å². The molecule has 2 heterocycles. The lowest BCUT2D eigenvalue weighted by atomic mass is 10.1. The minimum Gasteiger partial charge on any atom is -0.481 e. The summed E-state index contributed by atoms with van der Waals surface area (Å²) in [7, 11) is 3.39. The van der Waals surface area contributed by atoms with Crippen LogP contribution in [0.5, 0.6) is 5.88 Å². The van der Waals surface area contributed by atoms with Crippen LogP contribution in [-0.4, -0.2) is 25.0 Å². The molecule has 0 radical (unpaired) electrons. The summed E-state index contributed by atoms with van der Waals surface area (Å²) < 4.78 is 5.07. The minimum atomic E-state index is 0.153. The lowest BCUT2D eigenvalue weighted by Crippen LogP contribution is -2.25. The fourth-order valence-electron chi connectivity index (χ4n) is 1.81. The predicted octanol–water partition coefficient (Wildman–Crippen LogP) is 1.39. The van der Waals surface area contributed by atoms with Gasteiger partial charge in [0.25, 0.3) is 0 Å². The molecule has 1 aliphatic heterocycles. The van der Waals surface area contributed by atoms with Crippen molar-refractivity contribution in [2.45, 2.75) is 19.3 Å². The zero-order valence-electron chi connectivity index (χ0n) is 8.99. The van der Waals surface area contributed by atoms with Crippen molar-refractivity contribution in [3.63, 3.8) is 0 Å². The Kier molecular flexibility index (Phi) is 2.58. The fraction of sp³-hybridized carbons (Fsp3) is 0.455. The topological polar surface area (TPSA) is 42.4 Å². The molecule has 4 heteroatoms. The number of hydrogen-bond donors (Lipinski definition) is 0. The van der Waals surface area contributed by atoms with Crippen molar-refractivity contribution in [1.82, 2.24) is 4.98 Å². The molecule has 0 atom stereocenters. The number of pyridine rings is 1. The van der Waals surface area contributed by atoms with Crippen molar-refractivity contribution in [3.8, 4) is 5.88 Å². The molecule has 0 spiro atoms. The average molecular weight is 206 g/mol. The standard InChI is InChI=1S/C11H14N2O2/c1-13-9-7-12-10(15-2)6-8(9)4-3-5-11(13)14/h6-7H,3-5H2,1-2H3. The molecule has 4 nitrogen and oxygen atoms in total. The lowest BCUT2D eigenvalue weighted by molar-refractivity contribution is -0.118. The van der Waals surface area contributed by atoms with E-state index < -0.39 is 0 Å². The number of hydrogen-bond acceptors (Lipinski definition) is 3. The van der Waals surface area contributed by atoms with E-state index in [1.165, 1.54) is 0 Å². The largest absolute Gasteiger partial charge is 0.481 e. The lowest BCUT2D eigenvalue weighted by Gasteiger charge is -2.17. The molecular weight excluding hydrogens is 192 g/mol. The van der Waals surface area contributed by atoms with Gasteiger partial charge in [0.05, 0.1) is 19.0 Å². The molecule has 1 aromatic rings. The number of rotatable bonds is 1. The van der Waals surface area contributed by atoms with Crippen LogP contribution in [0.4, 0.5) is 5.69 Å². The Morgan fingerprint density at radius 3 is 3.00 bits per heavy atom. The molecule has 0 N–H and O–H groups in total. The first kappa shape index (κ1) is 9.96. The second-order valence-electron chi connectivity index (χ2n) is 3.66. The first-order valence-corrected chi connectivity index (χ1v) is 5.02. The summed E-state index contributed by atoms with van der Waals surface area (Å²) in [5.41, 5.74) is 2.04. The molecule has 0 aliphatic carbocycles. The zero-order chi connectivity index (χ0) is 10.8. The van der Waals surface area contributed by atoms with E-state index in [9.17, 15) is 4.79 Å². The van der Waals surface area contributed by atoms with Crippen LogP contribution in [0.15, 0.2) is 12.3 Å². The predicted molar refractivity (Wildman–Crippen MR) is 57.1 cm³/mol. The van der Waals surface area contributed by atoms with Crippen molar-refractivity contribution >= 4 is 11.6 Å². The molecule has 15 heavy (non-hydrogen) atoms. The third-order valence-corrected chi connectivity index (χ3v) is 2.72. The number of aromatic nitrogens is 1. The van der Waals surface area contributed by atoms with Gasteiger partial charge in [-0.1, -0.05) is 0 Å². The number of aryl methyl sites for hydroxylation is 1. The van der Waals surface area contributed by atoms with Crippen LogP contribution < -0.4 is 9.64 Å². The Labute approximate surface area is 88.9 Å². The Morgan fingerprint density at radius 2 is 2.27 bits per heavy atom. The number of nitrogens with zero attached hydrogens (tertiary/aromatic N) is 2. The molecular formula is C11H14N2O2. The van der Waals surface area contributed by atoms with Crippen LogP contribution in [-0.2, 0) is 11.2 Å². The highest BCUT2D eigenvalue weighted by Crippen LogP contribution is 2.27. The second kappa shape index (κ2) is 3.88. The molecule has 1 aromatic heterocycles. The third-order valence-electron chi connectivity index (χ3n) is 2.72. The molecule has 0 fully saturated rings. The van der Waals surface area contributed by atoms with Crippen LogP contribution in [0.25, 0.3) is 0 Å². The molecule has 1 aliphatic rings. The summed E-state index contributed by atoms with van der Waals surface area (Å²) >= 11 is 0. The number of carbonyl (C=O) groups is 1. The second-order valence-corrected chi connectivity index (χ2v) is 3.66. The maximum Gasteiger partial charge on any atom is 0.226 e. The summed E-state index contributed by atoms with van der Waals surface area (Å²) in [6.45, 7) is 0. The summed E-state index contributed by atoms with van der Waals surface area (Å²) in [5, 5.41) is 0. The van der Waals surface area contributed by atoms with Gasteiger partial charge in [0.15, 0.2) is 0 Å². The number of anilines is 1. The average Bonchev–Trinajstić information content (AvgIpc) is 2.40. The van der Waals surface area contributed by atoms with E-state index in [1.54, 1.807) is 25.3 Å². The fourth-order valence-corrected chi connectivity index (χ4v) is 1.81. The van der Waals surface area contributed by atoms with E-state index in [4.69, 9.17) is 4.74 Å². The maximum absolute atomic E-state index is 11.6. The first-order valence-electron chi connectivity index (χ1n) is 5.02. The summed E-state index contributed by atoms with van der Waals surface area (Å²) in [6.07, 6.45) is 4.11. The Balaban J connectivity index is 2.43. The van der Waals surface area contributed by atoms with Gasteiger partial charge in [-0.05, 0) is 18.4 Å². The Hall–Kier alpha value is -1.58. The molecule has 0 unspecified atom stereocenters. The van der Waals surface area contributed by atoms with E-state index >= 15 is 0 Å². The molecule has 2 rings (SSSR count). The number of methoxy groups -OCH3 is 1.